The van der Waals surface area contributed by atoms with Crippen LogP contribution >= 0.6 is 0 Å². The predicted molar refractivity (Wildman–Crippen MR) is 94.9 cm³/mol. The van der Waals surface area contributed by atoms with Crippen LogP contribution in [0, 0.1) is 6.92 Å². The van der Waals surface area contributed by atoms with Crippen molar-refractivity contribution in [1.82, 2.24) is 5.32 Å². The van der Waals surface area contributed by atoms with Crippen LogP contribution in [-0.2, 0) is 32.1 Å². The van der Waals surface area contributed by atoms with Gasteiger partial charge in [-0.25, -0.2) is 4.79 Å². The second-order valence-corrected chi connectivity index (χ2v) is 5.81. The lowest BCUT2D eigenvalue weighted by Gasteiger charge is -2.17. The van der Waals surface area contributed by atoms with Crippen molar-refractivity contribution >= 4 is 11.9 Å². The third kappa shape index (κ3) is 6.39. The molecule has 5 heteroatoms. The average molecular weight is 341 g/mol. The Kier molecular flexibility index (Phi) is 7.16. The van der Waals surface area contributed by atoms with E-state index in [2.05, 4.69) is 5.32 Å². The highest BCUT2D eigenvalue weighted by molar-refractivity contribution is 5.85. The summed E-state index contributed by atoms with van der Waals surface area (Å²) in [5.41, 5.74) is 3.04. The number of amides is 1. The highest BCUT2D eigenvalue weighted by Gasteiger charge is 2.22. The number of rotatable bonds is 8. The minimum absolute atomic E-state index is 0.115. The van der Waals surface area contributed by atoms with Crippen molar-refractivity contribution in [3.05, 3.63) is 71.3 Å². The zero-order valence-corrected chi connectivity index (χ0v) is 14.5. The van der Waals surface area contributed by atoms with E-state index in [0.717, 1.165) is 16.7 Å². The maximum Gasteiger partial charge on any atom is 0.328 e. The van der Waals surface area contributed by atoms with Gasteiger partial charge in [0, 0.05) is 6.42 Å². The number of hydrogen-bond acceptors (Lipinski definition) is 4. The van der Waals surface area contributed by atoms with E-state index >= 15 is 0 Å². The largest absolute Gasteiger partial charge is 0.467 e. The Balaban J connectivity index is 1.87. The summed E-state index contributed by atoms with van der Waals surface area (Å²) >= 11 is 0. The number of carbonyl (C=O) groups is 2. The fourth-order valence-electron chi connectivity index (χ4n) is 2.48. The van der Waals surface area contributed by atoms with Gasteiger partial charge in [-0.15, -0.1) is 0 Å². The van der Waals surface area contributed by atoms with Gasteiger partial charge in [0.25, 0.3) is 0 Å². The van der Waals surface area contributed by atoms with Gasteiger partial charge >= 0.3 is 5.97 Å². The first-order valence-electron chi connectivity index (χ1n) is 8.13. The molecular formula is C20H23NO4. The Hall–Kier alpha value is -2.66. The standard InChI is InChI=1S/C20H23NO4/c1-15-7-6-10-17(11-15)12-18(20(23)24-2)21-19(22)14-25-13-16-8-4-3-5-9-16/h3-11,18H,12-14H2,1-2H3,(H,21,22)/t18-/m0/s1. The van der Waals surface area contributed by atoms with Gasteiger partial charge in [-0.05, 0) is 18.1 Å². The number of carbonyl (C=O) groups excluding carboxylic acids is 2. The number of hydrogen-bond donors (Lipinski definition) is 1. The smallest absolute Gasteiger partial charge is 0.328 e. The van der Waals surface area contributed by atoms with Gasteiger partial charge in [0.2, 0.25) is 5.91 Å². The number of methoxy groups -OCH3 is 1. The summed E-state index contributed by atoms with van der Waals surface area (Å²) in [4.78, 5) is 24.0. The molecule has 0 saturated heterocycles. The van der Waals surface area contributed by atoms with E-state index in [9.17, 15) is 9.59 Å². The lowest BCUT2D eigenvalue weighted by atomic mass is 10.0. The van der Waals surface area contributed by atoms with E-state index in [1.54, 1.807) is 0 Å². The molecule has 2 aromatic carbocycles. The quantitative estimate of drug-likeness (QED) is 0.749. The molecule has 0 aliphatic heterocycles. The van der Waals surface area contributed by atoms with Crippen molar-refractivity contribution in [2.24, 2.45) is 0 Å². The van der Waals surface area contributed by atoms with E-state index in [-0.39, 0.29) is 12.5 Å². The Morgan fingerprint density at radius 2 is 1.76 bits per heavy atom. The van der Waals surface area contributed by atoms with Crippen LogP contribution in [0.2, 0.25) is 0 Å². The van der Waals surface area contributed by atoms with Gasteiger partial charge in [-0.1, -0.05) is 60.2 Å². The molecule has 0 heterocycles. The third-order valence-electron chi connectivity index (χ3n) is 3.69. The van der Waals surface area contributed by atoms with Gasteiger partial charge in [-0.2, -0.15) is 0 Å². The summed E-state index contributed by atoms with van der Waals surface area (Å²) in [6.45, 7) is 2.21. The summed E-state index contributed by atoms with van der Waals surface area (Å²) in [7, 11) is 1.31. The van der Waals surface area contributed by atoms with Crippen molar-refractivity contribution in [3.63, 3.8) is 0 Å². The molecule has 0 spiro atoms. The van der Waals surface area contributed by atoms with Gasteiger partial charge in [-0.3, -0.25) is 4.79 Å². The molecule has 0 saturated carbocycles. The second kappa shape index (κ2) is 9.59. The van der Waals surface area contributed by atoms with Crippen molar-refractivity contribution in [2.45, 2.75) is 26.0 Å². The highest BCUT2D eigenvalue weighted by Crippen LogP contribution is 2.08. The molecule has 0 aliphatic carbocycles. The lowest BCUT2D eigenvalue weighted by Crippen LogP contribution is -2.44. The van der Waals surface area contributed by atoms with E-state index in [1.165, 1.54) is 7.11 Å². The van der Waals surface area contributed by atoms with Crippen molar-refractivity contribution in [1.29, 1.82) is 0 Å². The predicted octanol–water partition coefficient (Wildman–Crippen LogP) is 2.41. The first-order valence-corrected chi connectivity index (χ1v) is 8.13. The average Bonchev–Trinajstić information content (AvgIpc) is 2.61. The van der Waals surface area contributed by atoms with Crippen molar-refractivity contribution in [3.8, 4) is 0 Å². The first kappa shape index (κ1) is 18.7. The van der Waals surface area contributed by atoms with Crippen LogP contribution in [-0.4, -0.2) is 31.6 Å². The molecule has 2 rings (SSSR count). The minimum atomic E-state index is -0.736. The fourth-order valence-corrected chi connectivity index (χ4v) is 2.48. The molecule has 0 aliphatic rings. The SMILES string of the molecule is COC(=O)[C@H](Cc1cccc(C)c1)NC(=O)COCc1ccccc1. The van der Waals surface area contributed by atoms with Crippen LogP contribution in [0.3, 0.4) is 0 Å². The zero-order chi connectivity index (χ0) is 18.1. The van der Waals surface area contributed by atoms with Gasteiger partial charge in [0.15, 0.2) is 0 Å². The molecule has 1 atom stereocenters. The second-order valence-electron chi connectivity index (χ2n) is 5.81. The number of aryl methyl sites for hydroxylation is 1. The van der Waals surface area contributed by atoms with Crippen molar-refractivity contribution < 1.29 is 19.1 Å². The summed E-state index contributed by atoms with van der Waals surface area (Å²) in [6.07, 6.45) is 0.374. The Bertz CT molecular complexity index is 700. The number of esters is 1. The Morgan fingerprint density at radius 3 is 2.44 bits per heavy atom. The molecule has 5 nitrogen and oxygen atoms in total. The summed E-state index contributed by atoms with van der Waals surface area (Å²) in [6, 6.07) is 16.6. The van der Waals surface area contributed by atoms with Gasteiger partial charge in [0.1, 0.15) is 12.6 Å². The van der Waals surface area contributed by atoms with E-state index in [1.807, 2.05) is 61.5 Å². The topological polar surface area (TPSA) is 64.6 Å². The van der Waals surface area contributed by atoms with Crippen LogP contribution in [0.5, 0.6) is 0 Å². The highest BCUT2D eigenvalue weighted by atomic mass is 16.5. The van der Waals surface area contributed by atoms with Crippen LogP contribution in [0.1, 0.15) is 16.7 Å². The maximum atomic E-state index is 12.1. The van der Waals surface area contributed by atoms with Crippen LogP contribution in [0.4, 0.5) is 0 Å². The monoisotopic (exact) mass is 341 g/mol. The molecule has 0 radical (unpaired) electrons. The summed E-state index contributed by atoms with van der Waals surface area (Å²) in [5, 5.41) is 2.68. The first-order chi connectivity index (χ1) is 12.1. The Labute approximate surface area is 148 Å². The van der Waals surface area contributed by atoms with Gasteiger partial charge < -0.3 is 14.8 Å². The maximum absolute atomic E-state index is 12.1. The molecule has 0 bridgehead atoms. The molecule has 132 valence electrons. The van der Waals surface area contributed by atoms with Crippen LogP contribution in [0.25, 0.3) is 0 Å². The Morgan fingerprint density at radius 1 is 1.04 bits per heavy atom. The molecule has 1 N–H and O–H groups in total. The van der Waals surface area contributed by atoms with E-state index in [4.69, 9.17) is 9.47 Å². The van der Waals surface area contributed by atoms with Gasteiger partial charge in [0.05, 0.1) is 13.7 Å². The number of nitrogens with one attached hydrogen (secondary N) is 1. The summed E-state index contributed by atoms with van der Waals surface area (Å²) in [5.74, 6) is -0.822. The normalized spacial score (nSPS) is 11.6. The lowest BCUT2D eigenvalue weighted by molar-refractivity contribution is -0.145. The minimum Gasteiger partial charge on any atom is -0.467 e. The molecule has 0 aromatic heterocycles. The molecule has 1 amide bonds. The van der Waals surface area contributed by atoms with Crippen molar-refractivity contribution in [2.75, 3.05) is 13.7 Å². The van der Waals surface area contributed by atoms with E-state index in [0.29, 0.717) is 13.0 Å². The zero-order valence-electron chi connectivity index (χ0n) is 14.5. The molecular weight excluding hydrogens is 318 g/mol. The number of ether oxygens (including phenoxy) is 2. The molecule has 0 fully saturated rings. The molecule has 2 aromatic rings. The van der Waals surface area contributed by atoms with Crippen LogP contribution < -0.4 is 5.32 Å². The molecule has 0 unspecified atom stereocenters. The van der Waals surface area contributed by atoms with E-state index < -0.39 is 12.0 Å². The van der Waals surface area contributed by atoms with Crippen LogP contribution in [0.15, 0.2) is 54.6 Å². The summed E-state index contributed by atoms with van der Waals surface area (Å²) < 4.78 is 10.2. The molecule has 25 heavy (non-hydrogen) atoms. The number of benzene rings is 2. The third-order valence-corrected chi connectivity index (χ3v) is 3.69. The fraction of sp³-hybridized carbons (Fsp3) is 0.300.